The van der Waals surface area contributed by atoms with Gasteiger partial charge in [-0.25, -0.2) is 0 Å². The van der Waals surface area contributed by atoms with E-state index >= 15 is 0 Å². The molecule has 1 rings (SSSR count). The first kappa shape index (κ1) is 7.79. The first-order valence-electron chi connectivity index (χ1n) is 3.53. The van der Waals surface area contributed by atoms with E-state index in [1.807, 2.05) is 25.1 Å². The second-order valence-electron chi connectivity index (χ2n) is 2.70. The number of anilines is 1. The highest BCUT2D eigenvalue weighted by atomic mass is 14.6. The van der Waals surface area contributed by atoms with Gasteiger partial charge in [0.2, 0.25) is 0 Å². The van der Waals surface area contributed by atoms with Crippen molar-refractivity contribution in [1.29, 1.82) is 5.41 Å². The molecule has 0 bridgehead atoms. The highest BCUT2D eigenvalue weighted by molar-refractivity contribution is 5.97. The predicted molar refractivity (Wildman–Crippen MR) is 48.1 cm³/mol. The van der Waals surface area contributed by atoms with Gasteiger partial charge in [0.25, 0.3) is 0 Å². The Morgan fingerprint density at radius 3 is 2.55 bits per heavy atom. The van der Waals surface area contributed by atoms with Crippen molar-refractivity contribution in [2.75, 3.05) is 5.73 Å². The van der Waals surface area contributed by atoms with E-state index in [0.29, 0.717) is 5.71 Å². The molecule has 0 atom stereocenters. The molecule has 0 fully saturated rings. The van der Waals surface area contributed by atoms with Crippen LogP contribution in [0.15, 0.2) is 18.2 Å². The van der Waals surface area contributed by atoms with Gasteiger partial charge in [0.15, 0.2) is 0 Å². The van der Waals surface area contributed by atoms with Crippen LogP contribution in [-0.2, 0) is 0 Å². The minimum atomic E-state index is 0.553. The Labute approximate surface area is 66.6 Å². The molecule has 0 aliphatic heterocycles. The Morgan fingerprint density at radius 1 is 1.45 bits per heavy atom. The molecule has 0 unspecified atom stereocenters. The summed E-state index contributed by atoms with van der Waals surface area (Å²) in [6.45, 7) is 3.71. The van der Waals surface area contributed by atoms with Gasteiger partial charge in [-0.1, -0.05) is 12.1 Å². The Bertz CT molecular complexity index is 290. The zero-order chi connectivity index (χ0) is 8.43. The van der Waals surface area contributed by atoms with Gasteiger partial charge in [-0.2, -0.15) is 0 Å². The van der Waals surface area contributed by atoms with Gasteiger partial charge in [-0.05, 0) is 31.0 Å². The largest absolute Gasteiger partial charge is 0.398 e. The van der Waals surface area contributed by atoms with Crippen molar-refractivity contribution in [3.05, 3.63) is 29.3 Å². The number of nitrogens with one attached hydrogen (secondary N) is 1. The van der Waals surface area contributed by atoms with Gasteiger partial charge in [0.05, 0.1) is 0 Å². The fourth-order valence-electron chi connectivity index (χ4n) is 0.874. The number of rotatable bonds is 1. The van der Waals surface area contributed by atoms with Crippen LogP contribution in [0, 0.1) is 12.3 Å². The second kappa shape index (κ2) is 2.74. The first-order chi connectivity index (χ1) is 5.11. The standard InChI is InChI=1S/C9H12N2/c1-6-3-4-8(7(2)10)5-9(6)11/h3-5,10H,11H2,1-2H3. The third kappa shape index (κ3) is 1.58. The van der Waals surface area contributed by atoms with Gasteiger partial charge >= 0.3 is 0 Å². The Hall–Kier alpha value is -1.31. The molecule has 0 radical (unpaired) electrons. The fraction of sp³-hybridized carbons (Fsp3) is 0.222. The summed E-state index contributed by atoms with van der Waals surface area (Å²) in [6, 6.07) is 5.68. The van der Waals surface area contributed by atoms with Gasteiger partial charge in [-0.3, -0.25) is 0 Å². The quantitative estimate of drug-likeness (QED) is 0.464. The Balaban J connectivity index is 3.15. The molecule has 2 heteroatoms. The van der Waals surface area contributed by atoms with Crippen molar-refractivity contribution in [3.63, 3.8) is 0 Å². The molecule has 3 N–H and O–H groups in total. The maximum atomic E-state index is 7.35. The minimum absolute atomic E-state index is 0.553. The predicted octanol–water partition coefficient (Wildman–Crippen LogP) is 1.96. The number of hydrogen-bond donors (Lipinski definition) is 2. The molecule has 0 aliphatic rings. The molecule has 0 saturated carbocycles. The molecule has 58 valence electrons. The maximum Gasteiger partial charge on any atom is 0.0355 e. The van der Waals surface area contributed by atoms with Crippen LogP contribution in [-0.4, -0.2) is 5.71 Å². The average molecular weight is 148 g/mol. The highest BCUT2D eigenvalue weighted by Crippen LogP contribution is 2.12. The molecule has 11 heavy (non-hydrogen) atoms. The van der Waals surface area contributed by atoms with E-state index in [4.69, 9.17) is 11.1 Å². The number of nitrogen functional groups attached to an aromatic ring is 1. The van der Waals surface area contributed by atoms with Crippen molar-refractivity contribution >= 4 is 11.4 Å². The van der Waals surface area contributed by atoms with E-state index in [-0.39, 0.29) is 0 Å². The van der Waals surface area contributed by atoms with Crippen molar-refractivity contribution in [3.8, 4) is 0 Å². The minimum Gasteiger partial charge on any atom is -0.398 e. The number of hydrogen-bond acceptors (Lipinski definition) is 2. The molecular formula is C9H12N2. The first-order valence-corrected chi connectivity index (χ1v) is 3.53. The van der Waals surface area contributed by atoms with E-state index < -0.39 is 0 Å². The van der Waals surface area contributed by atoms with E-state index in [2.05, 4.69) is 0 Å². The Morgan fingerprint density at radius 2 is 2.09 bits per heavy atom. The van der Waals surface area contributed by atoms with E-state index in [0.717, 1.165) is 16.8 Å². The summed E-state index contributed by atoms with van der Waals surface area (Å²) in [5, 5.41) is 7.35. The summed E-state index contributed by atoms with van der Waals surface area (Å²) in [4.78, 5) is 0. The van der Waals surface area contributed by atoms with Crippen LogP contribution in [0.3, 0.4) is 0 Å². The van der Waals surface area contributed by atoms with Crippen molar-refractivity contribution in [2.45, 2.75) is 13.8 Å². The Kier molecular flexibility index (Phi) is 1.94. The third-order valence-corrected chi connectivity index (χ3v) is 1.71. The topological polar surface area (TPSA) is 49.9 Å². The van der Waals surface area contributed by atoms with Crippen molar-refractivity contribution in [2.24, 2.45) is 0 Å². The molecule has 0 aliphatic carbocycles. The SMILES string of the molecule is CC(=N)c1ccc(C)c(N)c1. The lowest BCUT2D eigenvalue weighted by molar-refractivity contribution is 1.42. The zero-order valence-electron chi connectivity index (χ0n) is 6.81. The summed E-state index contributed by atoms with van der Waals surface area (Å²) in [5.41, 5.74) is 8.93. The smallest absolute Gasteiger partial charge is 0.0355 e. The van der Waals surface area contributed by atoms with Crippen molar-refractivity contribution < 1.29 is 0 Å². The second-order valence-corrected chi connectivity index (χ2v) is 2.70. The normalized spacial score (nSPS) is 9.64. The molecule has 0 heterocycles. The molecular weight excluding hydrogens is 136 g/mol. The van der Waals surface area contributed by atoms with Crippen LogP contribution < -0.4 is 5.73 Å². The maximum absolute atomic E-state index is 7.35. The average Bonchev–Trinajstić information content (AvgIpc) is 1.94. The molecule has 1 aromatic carbocycles. The van der Waals surface area contributed by atoms with Crippen LogP contribution in [0.5, 0.6) is 0 Å². The van der Waals surface area contributed by atoms with E-state index in [1.54, 1.807) is 6.92 Å². The van der Waals surface area contributed by atoms with Crippen molar-refractivity contribution in [1.82, 2.24) is 0 Å². The number of nitrogens with two attached hydrogens (primary N) is 1. The summed E-state index contributed by atoms with van der Waals surface area (Å²) < 4.78 is 0. The van der Waals surface area contributed by atoms with Gasteiger partial charge in [-0.15, -0.1) is 0 Å². The molecule has 1 aromatic rings. The molecule has 0 saturated heterocycles. The van der Waals surface area contributed by atoms with Crippen LogP contribution in [0.4, 0.5) is 5.69 Å². The summed E-state index contributed by atoms with van der Waals surface area (Å²) in [6.07, 6.45) is 0. The fourth-order valence-corrected chi connectivity index (χ4v) is 0.874. The third-order valence-electron chi connectivity index (χ3n) is 1.71. The highest BCUT2D eigenvalue weighted by Gasteiger charge is 1.97. The molecule has 0 amide bonds. The number of benzene rings is 1. The lowest BCUT2D eigenvalue weighted by atomic mass is 10.1. The number of aryl methyl sites for hydroxylation is 1. The molecule has 0 aromatic heterocycles. The molecule has 0 spiro atoms. The lowest BCUT2D eigenvalue weighted by Crippen LogP contribution is -1.96. The van der Waals surface area contributed by atoms with Gasteiger partial charge in [0.1, 0.15) is 0 Å². The van der Waals surface area contributed by atoms with Gasteiger partial charge in [0, 0.05) is 11.4 Å². The van der Waals surface area contributed by atoms with Crippen LogP contribution in [0.25, 0.3) is 0 Å². The lowest BCUT2D eigenvalue weighted by Gasteiger charge is -2.02. The summed E-state index contributed by atoms with van der Waals surface area (Å²) in [5.74, 6) is 0. The molecule has 2 nitrogen and oxygen atoms in total. The summed E-state index contributed by atoms with van der Waals surface area (Å²) in [7, 11) is 0. The van der Waals surface area contributed by atoms with Crippen LogP contribution >= 0.6 is 0 Å². The van der Waals surface area contributed by atoms with Crippen LogP contribution in [0.2, 0.25) is 0 Å². The zero-order valence-corrected chi connectivity index (χ0v) is 6.81. The van der Waals surface area contributed by atoms with Crippen LogP contribution in [0.1, 0.15) is 18.1 Å². The monoisotopic (exact) mass is 148 g/mol. The van der Waals surface area contributed by atoms with E-state index in [1.165, 1.54) is 0 Å². The van der Waals surface area contributed by atoms with E-state index in [9.17, 15) is 0 Å². The van der Waals surface area contributed by atoms with Gasteiger partial charge < -0.3 is 11.1 Å². The summed E-state index contributed by atoms with van der Waals surface area (Å²) >= 11 is 0.